The van der Waals surface area contributed by atoms with Crippen LogP contribution >= 0.6 is 11.3 Å². The predicted molar refractivity (Wildman–Crippen MR) is 111 cm³/mol. The molecule has 6 nitrogen and oxygen atoms in total. The van der Waals surface area contributed by atoms with Gasteiger partial charge in [-0.3, -0.25) is 4.79 Å². The average molecular weight is 416 g/mol. The van der Waals surface area contributed by atoms with Gasteiger partial charge in [-0.15, -0.1) is 11.3 Å². The summed E-state index contributed by atoms with van der Waals surface area (Å²) < 4.78 is 23.3. The van der Waals surface area contributed by atoms with Crippen LogP contribution in [-0.2, 0) is 27.7 Å². The van der Waals surface area contributed by atoms with Crippen LogP contribution in [0.1, 0.15) is 27.4 Å². The summed E-state index contributed by atoms with van der Waals surface area (Å²) in [5.74, 6) is -0.259. The summed E-state index contributed by atoms with van der Waals surface area (Å²) in [5.41, 5.74) is 3.82. The van der Waals surface area contributed by atoms with E-state index < -0.39 is 10.0 Å². The molecule has 0 aliphatic heterocycles. The number of anilines is 1. The first-order valence-electron chi connectivity index (χ1n) is 8.63. The van der Waals surface area contributed by atoms with Crippen molar-refractivity contribution in [2.45, 2.75) is 31.6 Å². The number of carbonyl (C=O) groups is 1. The van der Waals surface area contributed by atoms with Crippen molar-refractivity contribution >= 4 is 33.0 Å². The third kappa shape index (κ3) is 5.03. The Morgan fingerprint density at radius 3 is 2.57 bits per heavy atom. The molecule has 0 saturated heterocycles. The summed E-state index contributed by atoms with van der Waals surface area (Å²) >= 11 is 1.52. The van der Waals surface area contributed by atoms with Gasteiger partial charge in [0, 0.05) is 17.5 Å². The second-order valence-electron chi connectivity index (χ2n) is 6.58. The molecule has 0 bridgehead atoms. The molecular formula is C20H21N3O3S2. The molecule has 0 fully saturated rings. The number of carbonyl (C=O) groups excluding carboxylic acids is 1. The van der Waals surface area contributed by atoms with E-state index in [2.05, 4.69) is 10.3 Å². The molecule has 1 heterocycles. The van der Waals surface area contributed by atoms with Gasteiger partial charge < -0.3 is 5.32 Å². The van der Waals surface area contributed by atoms with Gasteiger partial charge >= 0.3 is 0 Å². The van der Waals surface area contributed by atoms with Crippen LogP contribution in [0.3, 0.4) is 0 Å². The first-order valence-corrected chi connectivity index (χ1v) is 11.1. The lowest BCUT2D eigenvalue weighted by Gasteiger charge is -2.12. The van der Waals surface area contributed by atoms with Crippen LogP contribution in [0.25, 0.3) is 0 Å². The van der Waals surface area contributed by atoms with Crippen molar-refractivity contribution in [2.75, 3.05) is 5.32 Å². The van der Waals surface area contributed by atoms with Crippen molar-refractivity contribution in [3.05, 3.63) is 75.2 Å². The molecule has 0 aliphatic rings. The van der Waals surface area contributed by atoms with E-state index in [1.165, 1.54) is 29.0 Å². The average Bonchev–Trinajstić information content (AvgIpc) is 3.05. The standard InChI is InChI=1S/C20H21N3O3S2/c1-13-8-17(28(21,25)26)11-18(14(13)2)23-19(24)10-16-12-27-20(22-16)9-15-6-4-3-5-7-15/h3-8,11-12H,9-10H2,1-2H3,(H,23,24)(H2,21,25,26). The molecule has 0 radical (unpaired) electrons. The molecule has 1 aromatic heterocycles. The minimum absolute atomic E-state index is 0.0234. The molecule has 0 atom stereocenters. The van der Waals surface area contributed by atoms with Crippen LogP contribution < -0.4 is 10.5 Å². The van der Waals surface area contributed by atoms with Crippen molar-refractivity contribution in [3.63, 3.8) is 0 Å². The number of aromatic nitrogens is 1. The maximum absolute atomic E-state index is 12.4. The zero-order valence-electron chi connectivity index (χ0n) is 15.6. The van der Waals surface area contributed by atoms with Crippen molar-refractivity contribution in [3.8, 4) is 0 Å². The van der Waals surface area contributed by atoms with Crippen molar-refractivity contribution in [2.24, 2.45) is 5.14 Å². The fraction of sp³-hybridized carbons (Fsp3) is 0.200. The molecule has 3 rings (SSSR count). The predicted octanol–water partition coefficient (Wildman–Crippen LogP) is 3.18. The quantitative estimate of drug-likeness (QED) is 0.645. The van der Waals surface area contributed by atoms with Gasteiger partial charge in [-0.05, 0) is 42.7 Å². The monoisotopic (exact) mass is 415 g/mol. The summed E-state index contributed by atoms with van der Waals surface area (Å²) in [6.07, 6.45) is 0.839. The van der Waals surface area contributed by atoms with E-state index >= 15 is 0 Å². The molecule has 0 aliphatic carbocycles. The van der Waals surface area contributed by atoms with E-state index in [1.54, 1.807) is 6.92 Å². The number of primary sulfonamides is 1. The number of benzene rings is 2. The van der Waals surface area contributed by atoms with Gasteiger partial charge in [0.25, 0.3) is 0 Å². The number of hydrogen-bond acceptors (Lipinski definition) is 5. The lowest BCUT2D eigenvalue weighted by Crippen LogP contribution is -2.18. The Bertz CT molecular complexity index is 1110. The summed E-state index contributed by atoms with van der Waals surface area (Å²) in [5, 5.41) is 10.8. The van der Waals surface area contributed by atoms with Gasteiger partial charge in [0.1, 0.15) is 0 Å². The number of hydrogen-bond donors (Lipinski definition) is 2. The molecule has 3 aromatic rings. The highest BCUT2D eigenvalue weighted by molar-refractivity contribution is 7.89. The van der Waals surface area contributed by atoms with E-state index in [0.717, 1.165) is 22.6 Å². The number of sulfonamides is 1. The first kappa shape index (κ1) is 20.2. The molecular weight excluding hydrogens is 394 g/mol. The number of rotatable bonds is 6. The molecule has 8 heteroatoms. The molecule has 0 saturated carbocycles. The summed E-state index contributed by atoms with van der Waals surface area (Å²) in [4.78, 5) is 16.9. The summed E-state index contributed by atoms with van der Waals surface area (Å²) in [6, 6.07) is 12.9. The van der Waals surface area contributed by atoms with Crippen LogP contribution in [0, 0.1) is 13.8 Å². The number of nitrogens with one attached hydrogen (secondary N) is 1. The molecule has 1 amide bonds. The van der Waals surface area contributed by atoms with Crippen LogP contribution in [0.2, 0.25) is 0 Å². The van der Waals surface area contributed by atoms with Gasteiger partial charge in [0.05, 0.1) is 22.0 Å². The number of amides is 1. The van der Waals surface area contributed by atoms with E-state index in [4.69, 9.17) is 5.14 Å². The molecule has 3 N–H and O–H groups in total. The van der Waals surface area contributed by atoms with E-state index in [0.29, 0.717) is 11.4 Å². The maximum Gasteiger partial charge on any atom is 0.238 e. The molecule has 146 valence electrons. The SMILES string of the molecule is Cc1cc(S(N)(=O)=O)cc(NC(=O)Cc2csc(Cc3ccccc3)n2)c1C. The zero-order valence-corrected chi connectivity index (χ0v) is 17.2. The zero-order chi connectivity index (χ0) is 20.3. The largest absolute Gasteiger partial charge is 0.325 e. The van der Waals surface area contributed by atoms with Crippen molar-refractivity contribution in [1.82, 2.24) is 4.98 Å². The number of nitrogens with two attached hydrogens (primary N) is 1. The third-order valence-electron chi connectivity index (χ3n) is 4.38. The number of thiazole rings is 1. The van der Waals surface area contributed by atoms with Gasteiger partial charge in [-0.25, -0.2) is 18.5 Å². The Hall–Kier alpha value is -2.55. The fourth-order valence-corrected chi connectivity index (χ4v) is 4.21. The van der Waals surface area contributed by atoms with Crippen LogP contribution in [0.4, 0.5) is 5.69 Å². The highest BCUT2D eigenvalue weighted by Gasteiger charge is 2.15. The smallest absolute Gasteiger partial charge is 0.238 e. The number of aryl methyl sites for hydroxylation is 1. The molecule has 2 aromatic carbocycles. The number of nitrogens with zero attached hydrogens (tertiary/aromatic N) is 1. The van der Waals surface area contributed by atoms with Crippen LogP contribution in [0.5, 0.6) is 0 Å². The Morgan fingerprint density at radius 2 is 1.89 bits per heavy atom. The van der Waals surface area contributed by atoms with Gasteiger partial charge in [-0.2, -0.15) is 0 Å². The minimum Gasteiger partial charge on any atom is -0.325 e. The second kappa shape index (κ2) is 8.22. The van der Waals surface area contributed by atoms with Gasteiger partial charge in [-0.1, -0.05) is 30.3 Å². The van der Waals surface area contributed by atoms with Crippen molar-refractivity contribution < 1.29 is 13.2 Å². The summed E-state index contributed by atoms with van der Waals surface area (Å²) in [7, 11) is -3.85. The van der Waals surface area contributed by atoms with E-state index in [9.17, 15) is 13.2 Å². The highest BCUT2D eigenvalue weighted by Crippen LogP contribution is 2.24. The lowest BCUT2D eigenvalue weighted by molar-refractivity contribution is -0.115. The third-order valence-corrected chi connectivity index (χ3v) is 6.17. The Labute approximate surface area is 168 Å². The lowest BCUT2D eigenvalue weighted by atomic mass is 10.1. The Morgan fingerprint density at radius 1 is 1.18 bits per heavy atom. The fourth-order valence-electron chi connectivity index (χ4n) is 2.76. The van der Waals surface area contributed by atoms with E-state index in [-0.39, 0.29) is 17.2 Å². The molecule has 28 heavy (non-hydrogen) atoms. The molecule has 0 spiro atoms. The topological polar surface area (TPSA) is 102 Å². The van der Waals surface area contributed by atoms with E-state index in [1.807, 2.05) is 42.6 Å². The first-order chi connectivity index (χ1) is 13.2. The Kier molecular flexibility index (Phi) is 5.93. The van der Waals surface area contributed by atoms with Gasteiger partial charge in [0.2, 0.25) is 15.9 Å². The maximum atomic E-state index is 12.4. The summed E-state index contributed by atoms with van der Waals surface area (Å²) in [6.45, 7) is 3.59. The van der Waals surface area contributed by atoms with Crippen LogP contribution in [0.15, 0.2) is 52.7 Å². The van der Waals surface area contributed by atoms with Gasteiger partial charge in [0.15, 0.2) is 0 Å². The normalized spacial score (nSPS) is 11.4. The Balaban J connectivity index is 1.70. The highest BCUT2D eigenvalue weighted by atomic mass is 32.2. The second-order valence-corrected chi connectivity index (χ2v) is 9.08. The van der Waals surface area contributed by atoms with Crippen LogP contribution in [-0.4, -0.2) is 19.3 Å². The molecule has 0 unspecified atom stereocenters. The minimum atomic E-state index is -3.85. The van der Waals surface area contributed by atoms with Crippen molar-refractivity contribution in [1.29, 1.82) is 0 Å².